The molecular formula is C14H24N2O5. The van der Waals surface area contributed by atoms with Crippen LogP contribution in [0.25, 0.3) is 0 Å². The van der Waals surface area contributed by atoms with Gasteiger partial charge >= 0.3 is 18.0 Å². The number of rotatable bonds is 5. The van der Waals surface area contributed by atoms with Crippen LogP contribution in [-0.2, 0) is 14.3 Å². The maximum Gasteiger partial charge on any atom is 0.325 e. The van der Waals surface area contributed by atoms with E-state index in [0.717, 1.165) is 0 Å². The molecule has 1 saturated heterocycles. The Morgan fingerprint density at radius 3 is 2.43 bits per heavy atom. The van der Waals surface area contributed by atoms with Crippen LogP contribution in [0.4, 0.5) is 4.79 Å². The summed E-state index contributed by atoms with van der Waals surface area (Å²) in [6, 6.07) is -0.341. The number of likely N-dealkylation sites (N-methyl/N-ethyl adjacent to an activating group) is 1. The number of amides is 2. The summed E-state index contributed by atoms with van der Waals surface area (Å²) < 4.78 is 4.80. The molecule has 7 heteroatoms. The largest absolute Gasteiger partial charge is 0.481 e. The van der Waals surface area contributed by atoms with E-state index >= 15 is 0 Å². The second-order valence-corrected chi connectivity index (χ2v) is 5.73. The molecule has 0 radical (unpaired) electrons. The van der Waals surface area contributed by atoms with Gasteiger partial charge in [0.25, 0.3) is 0 Å². The van der Waals surface area contributed by atoms with Crippen LogP contribution >= 0.6 is 0 Å². The lowest BCUT2D eigenvalue weighted by molar-refractivity contribution is -0.151. The normalized spacial score (nSPS) is 21.5. The number of likely N-dealkylation sites (tertiary alicyclic amines) is 1. The zero-order valence-corrected chi connectivity index (χ0v) is 13.1. The monoisotopic (exact) mass is 300 g/mol. The molecule has 0 spiro atoms. The van der Waals surface area contributed by atoms with Crippen molar-refractivity contribution in [1.29, 1.82) is 0 Å². The molecule has 21 heavy (non-hydrogen) atoms. The Morgan fingerprint density at radius 1 is 1.38 bits per heavy atom. The fourth-order valence-corrected chi connectivity index (χ4v) is 2.60. The quantitative estimate of drug-likeness (QED) is 0.766. The van der Waals surface area contributed by atoms with Crippen LogP contribution in [0, 0.1) is 11.3 Å². The molecule has 1 atom stereocenters. The number of urea groups is 1. The average Bonchev–Trinajstić information content (AvgIpc) is 2.84. The lowest BCUT2D eigenvalue weighted by Gasteiger charge is -2.30. The predicted octanol–water partition coefficient (Wildman–Crippen LogP) is 1.03. The smallest absolute Gasteiger partial charge is 0.325 e. The molecule has 1 rings (SSSR count). The third-order valence-electron chi connectivity index (χ3n) is 4.10. The van der Waals surface area contributed by atoms with E-state index in [1.807, 2.05) is 13.8 Å². The van der Waals surface area contributed by atoms with E-state index in [-0.39, 0.29) is 31.6 Å². The van der Waals surface area contributed by atoms with Gasteiger partial charge in [-0.3, -0.25) is 9.59 Å². The number of esters is 1. The number of carbonyl (C=O) groups is 3. The number of hydrogen-bond donors (Lipinski definition) is 1. The van der Waals surface area contributed by atoms with Crippen molar-refractivity contribution in [3.05, 3.63) is 0 Å². The highest BCUT2D eigenvalue weighted by Gasteiger charge is 2.48. The summed E-state index contributed by atoms with van der Waals surface area (Å²) in [6.45, 7) is 6.09. The number of aliphatic carboxylic acids is 1. The molecule has 1 fully saturated rings. The van der Waals surface area contributed by atoms with Gasteiger partial charge in [-0.25, -0.2) is 4.79 Å². The highest BCUT2D eigenvalue weighted by molar-refractivity contribution is 5.83. The number of carboxylic acid groups (broad SMARTS) is 1. The van der Waals surface area contributed by atoms with E-state index in [9.17, 15) is 19.5 Å². The van der Waals surface area contributed by atoms with E-state index in [4.69, 9.17) is 4.74 Å². The lowest BCUT2D eigenvalue weighted by atomic mass is 9.76. The van der Waals surface area contributed by atoms with E-state index in [1.54, 1.807) is 6.92 Å². The van der Waals surface area contributed by atoms with Crippen molar-refractivity contribution >= 4 is 18.0 Å². The predicted molar refractivity (Wildman–Crippen MR) is 75.8 cm³/mol. The van der Waals surface area contributed by atoms with E-state index < -0.39 is 17.4 Å². The average molecular weight is 300 g/mol. The van der Waals surface area contributed by atoms with Crippen molar-refractivity contribution in [2.24, 2.45) is 11.3 Å². The van der Waals surface area contributed by atoms with Gasteiger partial charge in [0.05, 0.1) is 12.0 Å². The first-order chi connectivity index (χ1) is 9.74. The maximum absolute atomic E-state index is 12.3. The lowest BCUT2D eigenvalue weighted by Crippen LogP contribution is -2.45. The van der Waals surface area contributed by atoms with Gasteiger partial charge in [0.1, 0.15) is 6.54 Å². The third-order valence-corrected chi connectivity index (χ3v) is 4.10. The fourth-order valence-electron chi connectivity index (χ4n) is 2.60. The number of carboxylic acids is 1. The van der Waals surface area contributed by atoms with Crippen molar-refractivity contribution in [2.45, 2.75) is 27.2 Å². The van der Waals surface area contributed by atoms with E-state index in [1.165, 1.54) is 16.8 Å². The summed E-state index contributed by atoms with van der Waals surface area (Å²) >= 11 is 0. The first-order valence-corrected chi connectivity index (χ1v) is 7.13. The minimum absolute atomic E-state index is 0.0665. The molecule has 7 nitrogen and oxygen atoms in total. The van der Waals surface area contributed by atoms with Gasteiger partial charge in [0.2, 0.25) is 0 Å². The minimum atomic E-state index is -0.902. The van der Waals surface area contributed by atoms with E-state index in [2.05, 4.69) is 0 Å². The van der Waals surface area contributed by atoms with Gasteiger partial charge in [-0.15, -0.1) is 0 Å². The first kappa shape index (κ1) is 17.3. The number of ether oxygens (including phenoxy) is 1. The number of nitrogens with zero attached hydrogens (tertiary/aromatic N) is 2. The topological polar surface area (TPSA) is 87.2 Å². The molecule has 1 N–H and O–H groups in total. The molecule has 0 aromatic rings. The molecule has 0 aliphatic carbocycles. The van der Waals surface area contributed by atoms with Gasteiger partial charge in [-0.1, -0.05) is 13.8 Å². The molecule has 1 aliphatic heterocycles. The SMILES string of the molecule is CCOC(=O)CN(C)C(=O)N1CCC(C(=O)O)(C(C)C)C1. The molecule has 0 saturated carbocycles. The summed E-state index contributed by atoms with van der Waals surface area (Å²) in [6.07, 6.45) is 0.430. The summed E-state index contributed by atoms with van der Waals surface area (Å²) in [7, 11) is 1.51. The zero-order chi connectivity index (χ0) is 16.2. The molecule has 0 bridgehead atoms. The molecule has 2 amide bonds. The van der Waals surface area contributed by atoms with Crippen molar-refractivity contribution in [2.75, 3.05) is 33.3 Å². The highest BCUT2D eigenvalue weighted by Crippen LogP contribution is 2.38. The summed E-state index contributed by atoms with van der Waals surface area (Å²) in [4.78, 5) is 38.0. The van der Waals surface area contributed by atoms with Crippen molar-refractivity contribution in [1.82, 2.24) is 9.80 Å². The van der Waals surface area contributed by atoms with Crippen LogP contribution in [0.3, 0.4) is 0 Å². The van der Waals surface area contributed by atoms with Crippen molar-refractivity contribution in [3.63, 3.8) is 0 Å². The Balaban J connectivity index is 2.69. The zero-order valence-electron chi connectivity index (χ0n) is 13.1. The summed E-state index contributed by atoms with van der Waals surface area (Å²) in [5.74, 6) is -1.41. The fraction of sp³-hybridized carbons (Fsp3) is 0.786. The van der Waals surface area contributed by atoms with Crippen LogP contribution in [0.15, 0.2) is 0 Å². The minimum Gasteiger partial charge on any atom is -0.481 e. The molecule has 1 heterocycles. The van der Waals surface area contributed by atoms with Gasteiger partial charge in [0.15, 0.2) is 0 Å². The van der Waals surface area contributed by atoms with Crippen LogP contribution in [0.5, 0.6) is 0 Å². The van der Waals surface area contributed by atoms with Crippen LogP contribution in [0.1, 0.15) is 27.2 Å². The Hall–Kier alpha value is -1.79. The van der Waals surface area contributed by atoms with Crippen LogP contribution in [0.2, 0.25) is 0 Å². The van der Waals surface area contributed by atoms with Gasteiger partial charge in [0, 0.05) is 20.1 Å². The Bertz CT molecular complexity index is 424. The highest BCUT2D eigenvalue weighted by atomic mass is 16.5. The summed E-state index contributed by atoms with van der Waals surface area (Å²) in [5.41, 5.74) is -0.902. The van der Waals surface area contributed by atoms with E-state index in [0.29, 0.717) is 13.0 Å². The molecule has 0 aromatic carbocycles. The first-order valence-electron chi connectivity index (χ1n) is 7.13. The van der Waals surface area contributed by atoms with Gasteiger partial charge in [-0.05, 0) is 19.3 Å². The Kier molecular flexibility index (Phi) is 5.57. The molecular weight excluding hydrogens is 276 g/mol. The molecule has 120 valence electrons. The second-order valence-electron chi connectivity index (χ2n) is 5.73. The number of carbonyl (C=O) groups excluding carboxylic acids is 2. The van der Waals surface area contributed by atoms with Crippen molar-refractivity contribution in [3.8, 4) is 0 Å². The Labute approximate surface area is 124 Å². The second kappa shape index (κ2) is 6.78. The Morgan fingerprint density at radius 2 is 2.00 bits per heavy atom. The molecule has 1 unspecified atom stereocenters. The third kappa shape index (κ3) is 3.65. The summed E-state index contributed by atoms with van der Waals surface area (Å²) in [5, 5.41) is 9.46. The van der Waals surface area contributed by atoms with Crippen LogP contribution < -0.4 is 0 Å². The number of hydrogen-bond acceptors (Lipinski definition) is 4. The van der Waals surface area contributed by atoms with Crippen molar-refractivity contribution < 1.29 is 24.2 Å². The molecule has 0 aromatic heterocycles. The van der Waals surface area contributed by atoms with Gasteiger partial charge < -0.3 is 19.6 Å². The van der Waals surface area contributed by atoms with Gasteiger partial charge in [-0.2, -0.15) is 0 Å². The maximum atomic E-state index is 12.3. The molecule has 1 aliphatic rings. The standard InChI is InChI=1S/C14H24N2O5/c1-5-21-11(17)8-15(4)13(20)16-7-6-14(9-16,10(2)3)12(18)19/h10H,5-9H2,1-4H3,(H,18,19). The van der Waals surface area contributed by atoms with Crippen LogP contribution in [-0.4, -0.2) is 66.2 Å².